The molecule has 0 saturated carbocycles. The number of nitrogens with one attached hydrogen (secondary N) is 2. The first-order valence-corrected chi connectivity index (χ1v) is 10.8. The standard InChI is InChI=1S/C24H28N4O4/c1-3-15-25-22(29)14-13-20-24(31)28(21-8-6-5-7-19(21)27-20)16-23(30)26-17-9-11-18(12-10-17)32-4-2/h5-12H,3-4,13-16H2,1-2H3,(H,25,29)(H,26,30). The Hall–Kier alpha value is -3.68. The number of carbonyl (C=O) groups is 2. The number of hydrogen-bond donors (Lipinski definition) is 2. The molecule has 1 heterocycles. The first-order valence-electron chi connectivity index (χ1n) is 10.8. The lowest BCUT2D eigenvalue weighted by molar-refractivity contribution is -0.121. The summed E-state index contributed by atoms with van der Waals surface area (Å²) in [6.45, 7) is 4.87. The van der Waals surface area contributed by atoms with Crippen LogP contribution >= 0.6 is 0 Å². The van der Waals surface area contributed by atoms with Crippen LogP contribution in [0.1, 0.15) is 32.4 Å². The van der Waals surface area contributed by atoms with Gasteiger partial charge in [-0.25, -0.2) is 4.98 Å². The Morgan fingerprint density at radius 2 is 1.78 bits per heavy atom. The third kappa shape index (κ3) is 5.94. The molecule has 3 rings (SSSR count). The molecule has 0 aliphatic rings. The maximum atomic E-state index is 13.1. The number of aryl methyl sites for hydroxylation is 1. The summed E-state index contributed by atoms with van der Waals surface area (Å²) < 4.78 is 6.81. The molecule has 0 unspecified atom stereocenters. The van der Waals surface area contributed by atoms with E-state index in [0.29, 0.717) is 29.9 Å². The van der Waals surface area contributed by atoms with Crippen molar-refractivity contribution in [3.63, 3.8) is 0 Å². The maximum Gasteiger partial charge on any atom is 0.273 e. The highest BCUT2D eigenvalue weighted by Crippen LogP contribution is 2.16. The zero-order valence-corrected chi connectivity index (χ0v) is 18.4. The van der Waals surface area contributed by atoms with Crippen molar-refractivity contribution >= 4 is 28.5 Å². The van der Waals surface area contributed by atoms with Crippen molar-refractivity contribution in [3.8, 4) is 5.75 Å². The fourth-order valence-corrected chi connectivity index (χ4v) is 3.30. The number of hydrogen-bond acceptors (Lipinski definition) is 5. The van der Waals surface area contributed by atoms with Crippen molar-refractivity contribution in [2.24, 2.45) is 0 Å². The van der Waals surface area contributed by atoms with Gasteiger partial charge < -0.3 is 15.4 Å². The summed E-state index contributed by atoms with van der Waals surface area (Å²) in [5.74, 6) is 0.259. The van der Waals surface area contributed by atoms with Crippen molar-refractivity contribution in [1.82, 2.24) is 14.9 Å². The van der Waals surface area contributed by atoms with Crippen LogP contribution in [0.25, 0.3) is 11.0 Å². The van der Waals surface area contributed by atoms with Crippen LogP contribution in [-0.4, -0.2) is 34.5 Å². The molecule has 0 fully saturated rings. The van der Waals surface area contributed by atoms with E-state index < -0.39 is 0 Å². The predicted molar refractivity (Wildman–Crippen MR) is 124 cm³/mol. The molecule has 3 aromatic rings. The topological polar surface area (TPSA) is 102 Å². The number of rotatable bonds is 10. The second-order valence-corrected chi connectivity index (χ2v) is 7.29. The van der Waals surface area contributed by atoms with Crippen LogP contribution in [0.5, 0.6) is 5.75 Å². The Morgan fingerprint density at radius 3 is 2.50 bits per heavy atom. The van der Waals surface area contributed by atoms with Crippen LogP contribution in [0.3, 0.4) is 0 Å². The number of ether oxygens (including phenoxy) is 1. The molecule has 0 saturated heterocycles. The van der Waals surface area contributed by atoms with Crippen LogP contribution in [0.2, 0.25) is 0 Å². The van der Waals surface area contributed by atoms with Gasteiger partial charge in [-0.2, -0.15) is 0 Å². The molecule has 0 bridgehead atoms. The van der Waals surface area contributed by atoms with Crippen LogP contribution < -0.4 is 20.9 Å². The molecule has 8 heteroatoms. The Kier molecular flexibility index (Phi) is 7.96. The molecule has 1 aromatic heterocycles. The van der Waals surface area contributed by atoms with Gasteiger partial charge in [0, 0.05) is 25.1 Å². The van der Waals surface area contributed by atoms with Gasteiger partial charge in [-0.1, -0.05) is 19.1 Å². The number of fused-ring (bicyclic) bond motifs is 1. The van der Waals surface area contributed by atoms with Crippen molar-refractivity contribution in [2.75, 3.05) is 18.5 Å². The zero-order valence-electron chi connectivity index (χ0n) is 18.4. The average molecular weight is 437 g/mol. The minimum absolute atomic E-state index is 0.124. The Labute approximate surface area is 186 Å². The normalized spacial score (nSPS) is 10.7. The highest BCUT2D eigenvalue weighted by Gasteiger charge is 2.15. The van der Waals surface area contributed by atoms with Crippen molar-refractivity contribution in [3.05, 3.63) is 64.6 Å². The highest BCUT2D eigenvalue weighted by atomic mass is 16.5. The van der Waals surface area contributed by atoms with E-state index in [2.05, 4.69) is 15.6 Å². The molecule has 32 heavy (non-hydrogen) atoms. The lowest BCUT2D eigenvalue weighted by Gasteiger charge is -2.13. The van der Waals surface area contributed by atoms with Gasteiger partial charge in [0.1, 0.15) is 18.0 Å². The third-order valence-corrected chi connectivity index (χ3v) is 4.83. The van der Waals surface area contributed by atoms with Gasteiger partial charge in [0.05, 0.1) is 17.6 Å². The Morgan fingerprint density at radius 1 is 1.03 bits per heavy atom. The van der Waals surface area contributed by atoms with E-state index in [1.54, 1.807) is 42.5 Å². The highest BCUT2D eigenvalue weighted by molar-refractivity contribution is 5.91. The number of aromatic nitrogens is 2. The van der Waals surface area contributed by atoms with Crippen LogP contribution in [0.15, 0.2) is 53.3 Å². The molecule has 0 spiro atoms. The van der Waals surface area contributed by atoms with Gasteiger partial charge in [-0.05, 0) is 49.7 Å². The summed E-state index contributed by atoms with van der Waals surface area (Å²) in [6.07, 6.45) is 1.22. The summed E-state index contributed by atoms with van der Waals surface area (Å²) in [5, 5.41) is 5.60. The number of benzene rings is 2. The molecular formula is C24H28N4O4. The molecule has 0 atom stereocenters. The molecule has 8 nitrogen and oxygen atoms in total. The lowest BCUT2D eigenvalue weighted by atomic mass is 10.2. The van der Waals surface area contributed by atoms with Gasteiger partial charge in [-0.3, -0.25) is 19.0 Å². The van der Waals surface area contributed by atoms with E-state index in [1.807, 2.05) is 19.9 Å². The second-order valence-electron chi connectivity index (χ2n) is 7.29. The number of carbonyl (C=O) groups excluding carboxylic acids is 2. The summed E-state index contributed by atoms with van der Waals surface area (Å²) in [4.78, 5) is 42.2. The molecule has 2 amide bonds. The van der Waals surface area contributed by atoms with Gasteiger partial charge in [-0.15, -0.1) is 0 Å². The maximum absolute atomic E-state index is 13.1. The molecular weight excluding hydrogens is 408 g/mol. The first-order chi connectivity index (χ1) is 15.5. The predicted octanol–water partition coefficient (Wildman–Crippen LogP) is 2.89. The number of para-hydroxylation sites is 2. The van der Waals surface area contributed by atoms with Crippen molar-refractivity contribution in [1.29, 1.82) is 0 Å². The second kappa shape index (κ2) is 11.1. The fourth-order valence-electron chi connectivity index (χ4n) is 3.30. The zero-order chi connectivity index (χ0) is 22.9. The van der Waals surface area contributed by atoms with E-state index in [0.717, 1.165) is 12.2 Å². The van der Waals surface area contributed by atoms with Crippen LogP contribution in [0.4, 0.5) is 5.69 Å². The smallest absolute Gasteiger partial charge is 0.273 e. The van der Waals surface area contributed by atoms with Crippen molar-refractivity contribution < 1.29 is 14.3 Å². The summed E-state index contributed by atoms with van der Waals surface area (Å²) in [6, 6.07) is 14.2. The fraction of sp³-hybridized carbons (Fsp3) is 0.333. The lowest BCUT2D eigenvalue weighted by Crippen LogP contribution is -2.32. The number of amides is 2. The summed E-state index contributed by atoms with van der Waals surface area (Å²) >= 11 is 0. The van der Waals surface area contributed by atoms with Crippen LogP contribution in [0, 0.1) is 0 Å². The largest absolute Gasteiger partial charge is 0.494 e. The van der Waals surface area contributed by atoms with Gasteiger partial charge in [0.15, 0.2) is 0 Å². The third-order valence-electron chi connectivity index (χ3n) is 4.83. The van der Waals surface area contributed by atoms with Crippen molar-refractivity contribution in [2.45, 2.75) is 39.7 Å². The molecule has 0 aliphatic heterocycles. The van der Waals surface area contributed by atoms with Gasteiger partial charge in [0.25, 0.3) is 5.56 Å². The first kappa shape index (κ1) is 23.0. The van der Waals surface area contributed by atoms with Crippen LogP contribution in [-0.2, 0) is 22.6 Å². The Balaban J connectivity index is 1.79. The monoisotopic (exact) mass is 436 g/mol. The van der Waals surface area contributed by atoms with E-state index in [9.17, 15) is 14.4 Å². The average Bonchev–Trinajstić information content (AvgIpc) is 2.80. The van der Waals surface area contributed by atoms with E-state index in [1.165, 1.54) is 4.57 Å². The molecule has 0 aliphatic carbocycles. The van der Waals surface area contributed by atoms with Gasteiger partial charge >= 0.3 is 0 Å². The molecule has 0 radical (unpaired) electrons. The van der Waals surface area contributed by atoms with Gasteiger partial charge in [0.2, 0.25) is 11.8 Å². The quantitative estimate of drug-likeness (QED) is 0.509. The SMILES string of the molecule is CCCNC(=O)CCc1nc2ccccc2n(CC(=O)Nc2ccc(OCC)cc2)c1=O. The molecule has 168 valence electrons. The number of nitrogens with zero attached hydrogens (tertiary/aromatic N) is 2. The van der Waals surface area contributed by atoms with E-state index in [-0.39, 0.29) is 42.5 Å². The van der Waals surface area contributed by atoms with E-state index >= 15 is 0 Å². The minimum atomic E-state index is -0.367. The van der Waals surface area contributed by atoms with E-state index in [4.69, 9.17) is 4.74 Å². The molecule has 2 aromatic carbocycles. The molecule has 2 N–H and O–H groups in total. The minimum Gasteiger partial charge on any atom is -0.494 e. The summed E-state index contributed by atoms with van der Waals surface area (Å²) in [7, 11) is 0. The Bertz CT molecular complexity index is 1140. The summed E-state index contributed by atoms with van der Waals surface area (Å²) in [5.41, 5.74) is 1.68. The number of anilines is 1.